The summed E-state index contributed by atoms with van der Waals surface area (Å²) in [5, 5.41) is 3.64. The van der Waals surface area contributed by atoms with E-state index in [9.17, 15) is 9.59 Å². The lowest BCUT2D eigenvalue weighted by atomic mass is 9.75. The average molecular weight is 410 g/mol. The van der Waals surface area contributed by atoms with Gasteiger partial charge in [-0.25, -0.2) is 0 Å². The highest BCUT2D eigenvalue weighted by Gasteiger charge is 2.55. The fourth-order valence-electron chi connectivity index (χ4n) is 4.52. The molecule has 2 aliphatic rings. The third-order valence-corrected chi connectivity index (χ3v) is 6.26. The standard InChI is InChI=1S/C24H24ClNO3/c1-16-11-20-15-29-23(28)24(20,13-16)14-18-5-7-19(8-6-18)22(27)26-10-9-17-3-2-4-21(25)12-17/h2-8,12,20H,1,9-11,13-15H2,(H,26,27)/t20-,24+/m1/s1. The third-order valence-electron chi connectivity index (χ3n) is 6.03. The molecule has 4 nitrogen and oxygen atoms in total. The van der Waals surface area contributed by atoms with Crippen LogP contribution in [-0.2, 0) is 22.4 Å². The fraction of sp³-hybridized carbons (Fsp3) is 0.333. The number of hydrogen-bond donors (Lipinski definition) is 1. The molecule has 0 unspecified atom stereocenters. The molecule has 1 heterocycles. The molecule has 2 aromatic rings. The van der Waals surface area contributed by atoms with Gasteiger partial charge in [-0.2, -0.15) is 0 Å². The predicted molar refractivity (Wildman–Crippen MR) is 113 cm³/mol. The Labute approximate surface area is 175 Å². The van der Waals surface area contributed by atoms with Crippen LogP contribution < -0.4 is 5.32 Å². The highest BCUT2D eigenvalue weighted by molar-refractivity contribution is 6.30. The number of hydrogen-bond acceptors (Lipinski definition) is 3. The summed E-state index contributed by atoms with van der Waals surface area (Å²) in [4.78, 5) is 24.8. The largest absolute Gasteiger partial charge is 0.465 e. The van der Waals surface area contributed by atoms with Gasteiger partial charge in [-0.1, -0.05) is 48.0 Å². The Bertz CT molecular complexity index is 953. The van der Waals surface area contributed by atoms with Gasteiger partial charge in [0.25, 0.3) is 5.91 Å². The number of allylic oxidation sites excluding steroid dienone is 1. The van der Waals surface area contributed by atoms with E-state index >= 15 is 0 Å². The summed E-state index contributed by atoms with van der Waals surface area (Å²) < 4.78 is 5.34. The number of esters is 1. The molecular formula is C24H24ClNO3. The summed E-state index contributed by atoms with van der Waals surface area (Å²) in [6.45, 7) is 5.11. The Morgan fingerprint density at radius 1 is 1.21 bits per heavy atom. The fourth-order valence-corrected chi connectivity index (χ4v) is 4.73. The summed E-state index contributed by atoms with van der Waals surface area (Å²) in [6.07, 6.45) is 2.91. The summed E-state index contributed by atoms with van der Waals surface area (Å²) in [5.74, 6) is 0.00471. The number of cyclic esters (lactones) is 1. The van der Waals surface area contributed by atoms with Crippen LogP contribution in [0.1, 0.15) is 34.3 Å². The SMILES string of the molecule is C=C1C[C@@H]2COC(=O)[C@]2(Cc2ccc(C(=O)NCCc3cccc(Cl)c3)cc2)C1. The van der Waals surface area contributed by atoms with Gasteiger partial charge < -0.3 is 10.1 Å². The second kappa shape index (κ2) is 8.03. The van der Waals surface area contributed by atoms with Crippen LogP contribution in [0.4, 0.5) is 0 Å². The Morgan fingerprint density at radius 2 is 2.00 bits per heavy atom. The second-order valence-electron chi connectivity index (χ2n) is 8.09. The first kappa shape index (κ1) is 19.7. The number of benzene rings is 2. The van der Waals surface area contributed by atoms with E-state index in [1.165, 1.54) is 0 Å². The molecule has 150 valence electrons. The van der Waals surface area contributed by atoms with Crippen LogP contribution in [0.3, 0.4) is 0 Å². The number of fused-ring (bicyclic) bond motifs is 1. The van der Waals surface area contributed by atoms with Crippen LogP contribution in [0.25, 0.3) is 0 Å². The van der Waals surface area contributed by atoms with E-state index in [0.717, 1.165) is 29.5 Å². The van der Waals surface area contributed by atoms with Crippen molar-refractivity contribution in [2.24, 2.45) is 11.3 Å². The smallest absolute Gasteiger partial charge is 0.313 e. The molecule has 2 fully saturated rings. The molecule has 2 aromatic carbocycles. The first-order chi connectivity index (χ1) is 14.0. The number of nitrogens with one attached hydrogen (secondary N) is 1. The summed E-state index contributed by atoms with van der Waals surface area (Å²) in [5.41, 5.74) is 3.39. The lowest BCUT2D eigenvalue weighted by Gasteiger charge is -2.24. The molecule has 1 saturated carbocycles. The molecule has 0 radical (unpaired) electrons. The number of amides is 1. The van der Waals surface area contributed by atoms with Gasteiger partial charge >= 0.3 is 5.97 Å². The molecule has 1 aliphatic carbocycles. The molecule has 1 saturated heterocycles. The number of rotatable bonds is 6. The van der Waals surface area contributed by atoms with Crippen LogP contribution in [0, 0.1) is 11.3 Å². The summed E-state index contributed by atoms with van der Waals surface area (Å²) >= 11 is 5.99. The van der Waals surface area contributed by atoms with E-state index in [-0.39, 0.29) is 17.8 Å². The van der Waals surface area contributed by atoms with Gasteiger partial charge in [0.15, 0.2) is 0 Å². The monoisotopic (exact) mass is 409 g/mol. The zero-order valence-corrected chi connectivity index (χ0v) is 17.0. The van der Waals surface area contributed by atoms with Crippen LogP contribution in [0.2, 0.25) is 5.02 Å². The molecule has 0 spiro atoms. The minimum Gasteiger partial charge on any atom is -0.465 e. The maximum atomic E-state index is 12.4. The number of carbonyl (C=O) groups excluding carboxylic acids is 2. The van der Waals surface area contributed by atoms with Gasteiger partial charge in [0.1, 0.15) is 0 Å². The predicted octanol–water partition coefficient (Wildman–Crippen LogP) is 4.36. The van der Waals surface area contributed by atoms with E-state index in [1.807, 2.05) is 48.5 Å². The molecule has 4 rings (SSSR count). The number of halogens is 1. The van der Waals surface area contributed by atoms with Crippen molar-refractivity contribution in [1.29, 1.82) is 0 Å². The average Bonchev–Trinajstić information content (AvgIpc) is 3.16. The van der Waals surface area contributed by atoms with Crippen molar-refractivity contribution in [1.82, 2.24) is 5.32 Å². The Morgan fingerprint density at radius 3 is 2.76 bits per heavy atom. The van der Waals surface area contributed by atoms with Crippen LogP contribution in [-0.4, -0.2) is 25.0 Å². The zero-order valence-electron chi connectivity index (χ0n) is 16.2. The van der Waals surface area contributed by atoms with Gasteiger partial charge in [-0.3, -0.25) is 9.59 Å². The van der Waals surface area contributed by atoms with E-state index in [0.29, 0.717) is 36.6 Å². The molecule has 29 heavy (non-hydrogen) atoms. The first-order valence-corrected chi connectivity index (χ1v) is 10.3. The van der Waals surface area contributed by atoms with Gasteiger partial charge in [0, 0.05) is 23.0 Å². The third kappa shape index (κ3) is 4.08. The molecule has 1 aliphatic heterocycles. The van der Waals surface area contributed by atoms with Crippen LogP contribution >= 0.6 is 11.6 Å². The topological polar surface area (TPSA) is 55.4 Å². The Hall–Kier alpha value is -2.59. The minimum atomic E-state index is -0.474. The Kier molecular flexibility index (Phi) is 5.46. The van der Waals surface area contributed by atoms with Crippen molar-refractivity contribution in [3.8, 4) is 0 Å². The van der Waals surface area contributed by atoms with Crippen molar-refractivity contribution in [2.45, 2.75) is 25.7 Å². The molecule has 1 N–H and O–H groups in total. The van der Waals surface area contributed by atoms with E-state index in [2.05, 4.69) is 11.9 Å². The maximum Gasteiger partial charge on any atom is 0.313 e. The molecule has 5 heteroatoms. The van der Waals surface area contributed by atoms with Gasteiger partial charge in [0.2, 0.25) is 0 Å². The molecule has 1 amide bonds. The Balaban J connectivity index is 1.36. The van der Waals surface area contributed by atoms with E-state index in [1.54, 1.807) is 0 Å². The van der Waals surface area contributed by atoms with Crippen molar-refractivity contribution in [3.05, 3.63) is 82.4 Å². The molecule has 0 bridgehead atoms. The number of carbonyl (C=O) groups is 2. The number of ether oxygens (including phenoxy) is 1. The highest BCUT2D eigenvalue weighted by Crippen LogP contribution is 2.52. The summed E-state index contributed by atoms with van der Waals surface area (Å²) in [6, 6.07) is 15.1. The van der Waals surface area contributed by atoms with Crippen molar-refractivity contribution in [2.75, 3.05) is 13.2 Å². The lowest BCUT2D eigenvalue weighted by molar-refractivity contribution is -0.146. The molecular weight excluding hydrogens is 386 g/mol. The van der Waals surface area contributed by atoms with Gasteiger partial charge in [-0.05, 0) is 61.1 Å². The minimum absolute atomic E-state index is 0.107. The zero-order chi connectivity index (χ0) is 20.4. The molecule has 0 aromatic heterocycles. The molecule has 2 atom stereocenters. The van der Waals surface area contributed by atoms with Crippen molar-refractivity contribution < 1.29 is 14.3 Å². The quantitative estimate of drug-likeness (QED) is 0.569. The van der Waals surface area contributed by atoms with E-state index < -0.39 is 5.41 Å². The normalized spacial score (nSPS) is 23.0. The second-order valence-corrected chi connectivity index (χ2v) is 8.53. The highest BCUT2D eigenvalue weighted by atomic mass is 35.5. The van der Waals surface area contributed by atoms with Crippen molar-refractivity contribution in [3.63, 3.8) is 0 Å². The van der Waals surface area contributed by atoms with Gasteiger partial charge in [-0.15, -0.1) is 0 Å². The van der Waals surface area contributed by atoms with E-state index in [4.69, 9.17) is 16.3 Å². The van der Waals surface area contributed by atoms with Crippen LogP contribution in [0.5, 0.6) is 0 Å². The maximum absolute atomic E-state index is 12.4. The van der Waals surface area contributed by atoms with Crippen molar-refractivity contribution >= 4 is 23.5 Å². The first-order valence-electron chi connectivity index (χ1n) is 9.92. The summed E-state index contributed by atoms with van der Waals surface area (Å²) in [7, 11) is 0. The van der Waals surface area contributed by atoms with Crippen LogP contribution in [0.15, 0.2) is 60.7 Å². The lowest BCUT2D eigenvalue weighted by Crippen LogP contribution is -2.31. The van der Waals surface area contributed by atoms with Gasteiger partial charge in [0.05, 0.1) is 12.0 Å².